The number of phenolic OH excluding ortho intramolecular Hbond substituents is 1. The molecule has 4 nitrogen and oxygen atoms in total. The van der Waals surface area contributed by atoms with E-state index in [9.17, 15) is 5.11 Å². The number of aryl methyl sites for hydroxylation is 1. The fourth-order valence-electron chi connectivity index (χ4n) is 2.80. The van der Waals surface area contributed by atoms with Crippen molar-refractivity contribution in [2.45, 2.75) is 32.2 Å². The van der Waals surface area contributed by atoms with Gasteiger partial charge in [-0.3, -0.25) is 0 Å². The smallest absolute Gasteiger partial charge is 0.161 e. The van der Waals surface area contributed by atoms with Crippen molar-refractivity contribution < 1.29 is 9.84 Å². The Bertz CT molecular complexity index is 639. The molecule has 0 aliphatic heterocycles. The van der Waals surface area contributed by atoms with Crippen LogP contribution in [0, 0.1) is 0 Å². The Balaban J connectivity index is 1.97. The second kappa shape index (κ2) is 6.03. The standard InChI is InChI=1S/C16H20N2O2S/c1-3-17-11-5-4-6-14-15(11)18-16(21-14)10-7-8-12(19)13(9-10)20-2/h7-9,11,17,19H,3-6H2,1-2H3. The number of nitrogens with one attached hydrogen (secondary N) is 1. The normalized spacial score (nSPS) is 17.5. The molecule has 2 N–H and O–H groups in total. The minimum Gasteiger partial charge on any atom is -0.504 e. The quantitative estimate of drug-likeness (QED) is 0.907. The van der Waals surface area contributed by atoms with Crippen LogP contribution in [0.3, 0.4) is 0 Å². The zero-order valence-electron chi connectivity index (χ0n) is 12.3. The third kappa shape index (κ3) is 2.76. The number of ether oxygens (including phenoxy) is 1. The summed E-state index contributed by atoms with van der Waals surface area (Å²) in [5.41, 5.74) is 2.20. The van der Waals surface area contributed by atoms with E-state index in [-0.39, 0.29) is 5.75 Å². The molecule has 0 spiro atoms. The molecule has 0 bridgehead atoms. The average molecular weight is 304 g/mol. The van der Waals surface area contributed by atoms with Gasteiger partial charge in [-0.25, -0.2) is 4.98 Å². The van der Waals surface area contributed by atoms with Gasteiger partial charge in [-0.2, -0.15) is 0 Å². The lowest BCUT2D eigenvalue weighted by Crippen LogP contribution is -2.24. The van der Waals surface area contributed by atoms with Crippen LogP contribution >= 0.6 is 11.3 Å². The number of hydrogen-bond donors (Lipinski definition) is 2. The Morgan fingerprint density at radius 3 is 3.10 bits per heavy atom. The third-order valence-corrected chi connectivity index (χ3v) is 5.01. The maximum atomic E-state index is 9.70. The molecule has 1 heterocycles. The van der Waals surface area contributed by atoms with E-state index < -0.39 is 0 Å². The maximum Gasteiger partial charge on any atom is 0.161 e. The number of methoxy groups -OCH3 is 1. The summed E-state index contributed by atoms with van der Waals surface area (Å²) in [5.74, 6) is 0.650. The molecule has 3 rings (SSSR count). The van der Waals surface area contributed by atoms with Gasteiger partial charge in [-0.05, 0) is 44.0 Å². The first-order valence-corrected chi connectivity index (χ1v) is 8.15. The minimum absolute atomic E-state index is 0.160. The highest BCUT2D eigenvalue weighted by atomic mass is 32.1. The topological polar surface area (TPSA) is 54.4 Å². The van der Waals surface area contributed by atoms with E-state index in [1.54, 1.807) is 24.5 Å². The Kier molecular flexibility index (Phi) is 4.12. The summed E-state index contributed by atoms with van der Waals surface area (Å²) in [5, 5.41) is 14.2. The highest BCUT2D eigenvalue weighted by Crippen LogP contribution is 2.39. The van der Waals surface area contributed by atoms with Crippen molar-refractivity contribution in [3.05, 3.63) is 28.8 Å². The second-order valence-corrected chi connectivity index (χ2v) is 6.30. The molecule has 1 aromatic carbocycles. The predicted octanol–water partition coefficient (Wildman–Crippen LogP) is 3.51. The summed E-state index contributed by atoms with van der Waals surface area (Å²) in [7, 11) is 1.56. The fourth-order valence-corrected chi connectivity index (χ4v) is 3.96. The van der Waals surface area contributed by atoms with Crippen molar-refractivity contribution in [3.63, 3.8) is 0 Å². The van der Waals surface area contributed by atoms with E-state index in [1.165, 1.54) is 17.0 Å². The molecular formula is C16H20N2O2S. The summed E-state index contributed by atoms with van der Waals surface area (Å²) in [6, 6.07) is 5.78. The number of hydrogen-bond acceptors (Lipinski definition) is 5. The number of thiazole rings is 1. The van der Waals surface area contributed by atoms with E-state index in [1.807, 2.05) is 12.1 Å². The van der Waals surface area contributed by atoms with E-state index >= 15 is 0 Å². The van der Waals surface area contributed by atoms with Crippen molar-refractivity contribution in [3.8, 4) is 22.1 Å². The summed E-state index contributed by atoms with van der Waals surface area (Å²) >= 11 is 1.75. The van der Waals surface area contributed by atoms with Gasteiger partial charge in [0.1, 0.15) is 5.01 Å². The number of rotatable bonds is 4. The van der Waals surface area contributed by atoms with Gasteiger partial charge < -0.3 is 15.2 Å². The molecule has 5 heteroatoms. The van der Waals surface area contributed by atoms with Gasteiger partial charge >= 0.3 is 0 Å². The van der Waals surface area contributed by atoms with E-state index in [4.69, 9.17) is 9.72 Å². The Hall–Kier alpha value is -1.59. The van der Waals surface area contributed by atoms with E-state index in [2.05, 4.69) is 12.2 Å². The first-order valence-electron chi connectivity index (χ1n) is 7.33. The first-order chi connectivity index (χ1) is 10.2. The van der Waals surface area contributed by atoms with Crippen LogP contribution in [0.4, 0.5) is 0 Å². The van der Waals surface area contributed by atoms with Crippen LogP contribution in [0.2, 0.25) is 0 Å². The number of nitrogens with zero attached hydrogens (tertiary/aromatic N) is 1. The van der Waals surface area contributed by atoms with Crippen LogP contribution in [0.15, 0.2) is 18.2 Å². The van der Waals surface area contributed by atoms with Gasteiger partial charge in [0.15, 0.2) is 11.5 Å². The van der Waals surface area contributed by atoms with Gasteiger partial charge in [0.2, 0.25) is 0 Å². The van der Waals surface area contributed by atoms with E-state index in [0.29, 0.717) is 11.8 Å². The lowest BCUT2D eigenvalue weighted by Gasteiger charge is -2.21. The van der Waals surface area contributed by atoms with Crippen molar-refractivity contribution in [1.29, 1.82) is 0 Å². The average Bonchev–Trinajstić information content (AvgIpc) is 2.93. The molecular weight excluding hydrogens is 284 g/mol. The van der Waals surface area contributed by atoms with E-state index in [0.717, 1.165) is 30.0 Å². The number of fused-ring (bicyclic) bond motifs is 1. The van der Waals surface area contributed by atoms with Gasteiger partial charge in [-0.1, -0.05) is 6.92 Å². The summed E-state index contributed by atoms with van der Waals surface area (Å²) in [4.78, 5) is 6.23. The maximum absolute atomic E-state index is 9.70. The first kappa shape index (κ1) is 14.4. The van der Waals surface area contributed by atoms with Crippen LogP contribution in [0.1, 0.15) is 36.4 Å². The van der Waals surface area contributed by atoms with Crippen LogP contribution in [-0.4, -0.2) is 23.7 Å². The third-order valence-electron chi connectivity index (χ3n) is 3.83. The Labute approximate surface area is 128 Å². The van der Waals surface area contributed by atoms with Gasteiger partial charge in [-0.15, -0.1) is 11.3 Å². The van der Waals surface area contributed by atoms with Gasteiger partial charge in [0.05, 0.1) is 18.8 Å². The van der Waals surface area contributed by atoms with Crippen LogP contribution in [-0.2, 0) is 6.42 Å². The predicted molar refractivity (Wildman–Crippen MR) is 85.1 cm³/mol. The lowest BCUT2D eigenvalue weighted by molar-refractivity contribution is 0.373. The zero-order valence-corrected chi connectivity index (χ0v) is 13.2. The molecule has 0 fully saturated rings. The van der Waals surface area contributed by atoms with Gasteiger partial charge in [0.25, 0.3) is 0 Å². The molecule has 0 radical (unpaired) electrons. The molecule has 0 saturated carbocycles. The second-order valence-electron chi connectivity index (χ2n) is 5.22. The van der Waals surface area contributed by atoms with Crippen molar-refractivity contribution in [2.75, 3.05) is 13.7 Å². The zero-order chi connectivity index (χ0) is 14.8. The molecule has 0 amide bonds. The number of aromatic nitrogens is 1. The van der Waals surface area contributed by atoms with Crippen molar-refractivity contribution in [2.24, 2.45) is 0 Å². The summed E-state index contributed by atoms with van der Waals surface area (Å²) in [6.07, 6.45) is 3.48. The van der Waals surface area contributed by atoms with Gasteiger partial charge in [0, 0.05) is 10.4 Å². The highest BCUT2D eigenvalue weighted by molar-refractivity contribution is 7.15. The Morgan fingerprint density at radius 2 is 2.33 bits per heavy atom. The van der Waals surface area contributed by atoms with Crippen LogP contribution in [0.5, 0.6) is 11.5 Å². The lowest BCUT2D eigenvalue weighted by atomic mass is 9.97. The highest BCUT2D eigenvalue weighted by Gasteiger charge is 2.24. The van der Waals surface area contributed by atoms with Crippen molar-refractivity contribution in [1.82, 2.24) is 10.3 Å². The molecule has 0 saturated heterocycles. The van der Waals surface area contributed by atoms with Crippen LogP contribution < -0.4 is 10.1 Å². The Morgan fingerprint density at radius 1 is 1.48 bits per heavy atom. The number of phenols is 1. The monoisotopic (exact) mass is 304 g/mol. The fraction of sp³-hybridized carbons (Fsp3) is 0.438. The number of benzene rings is 1. The minimum atomic E-state index is 0.160. The number of aromatic hydroxyl groups is 1. The molecule has 1 aliphatic rings. The summed E-state index contributed by atoms with van der Waals surface area (Å²) < 4.78 is 5.18. The largest absolute Gasteiger partial charge is 0.504 e. The van der Waals surface area contributed by atoms with Crippen molar-refractivity contribution >= 4 is 11.3 Å². The molecule has 1 aromatic heterocycles. The summed E-state index contributed by atoms with van der Waals surface area (Å²) in [6.45, 7) is 3.09. The molecule has 1 aliphatic carbocycles. The molecule has 2 aromatic rings. The van der Waals surface area contributed by atoms with Crippen LogP contribution in [0.25, 0.3) is 10.6 Å². The molecule has 21 heavy (non-hydrogen) atoms. The molecule has 112 valence electrons. The molecule has 1 atom stereocenters. The SMILES string of the molecule is CCNC1CCCc2sc(-c3ccc(O)c(OC)c3)nc21. The molecule has 1 unspecified atom stereocenters.